The minimum atomic E-state index is 0.310. The van der Waals surface area contributed by atoms with Gasteiger partial charge in [-0.25, -0.2) is 0 Å². The van der Waals surface area contributed by atoms with E-state index in [-0.39, 0.29) is 0 Å². The molecule has 1 saturated heterocycles. The Balaban J connectivity index is 1.38. The molecule has 2 nitrogen and oxygen atoms in total. The molecule has 0 N–H and O–H groups in total. The van der Waals surface area contributed by atoms with Gasteiger partial charge in [0.05, 0.1) is 0 Å². The molecule has 5 aliphatic rings. The van der Waals surface area contributed by atoms with Crippen molar-refractivity contribution in [2.24, 2.45) is 34.5 Å². The molecule has 0 amide bonds. The van der Waals surface area contributed by atoms with Crippen LogP contribution in [0.5, 0.6) is 0 Å². The first-order valence-electron chi connectivity index (χ1n) is 13.0. The summed E-state index contributed by atoms with van der Waals surface area (Å²) in [5.41, 5.74) is 3.97. The fraction of sp³-hybridized carbons (Fsp3) is 0.821. The predicted octanol–water partition coefficient (Wildman–Crippen LogP) is 6.91. The second-order valence-electron chi connectivity index (χ2n) is 12.1. The molecule has 0 radical (unpaired) electrons. The first-order valence-corrected chi connectivity index (χ1v) is 13.0. The van der Waals surface area contributed by atoms with Gasteiger partial charge in [-0.15, -0.1) is 0 Å². The molecule has 0 aromatic carbocycles. The number of carbonyl (C=O) groups excluding carboxylic acids is 1. The first kappa shape index (κ1) is 20.8. The number of rotatable bonds is 2. The van der Waals surface area contributed by atoms with Crippen LogP contribution in [-0.2, 0) is 4.79 Å². The maximum Gasteiger partial charge on any atom is 0.155 e. The average molecular weight is 410 g/mol. The SMILES string of the molecule is C/C(=C/N1CCCCC1C)[C@H]1CC[C@H]2[C@@H]3CCC4=CC(=O)CC[C@]4(C)[C@H]3CC[C@]12C. The number of ketones is 1. The van der Waals surface area contributed by atoms with Gasteiger partial charge in [0.1, 0.15) is 0 Å². The van der Waals surface area contributed by atoms with E-state index in [4.69, 9.17) is 0 Å². The molecule has 1 heterocycles. The molecule has 30 heavy (non-hydrogen) atoms. The van der Waals surface area contributed by atoms with Crippen molar-refractivity contribution < 1.29 is 4.79 Å². The van der Waals surface area contributed by atoms with Gasteiger partial charge in [-0.2, -0.15) is 0 Å². The number of hydrogen-bond acceptors (Lipinski definition) is 2. The van der Waals surface area contributed by atoms with Crippen molar-refractivity contribution in [1.29, 1.82) is 0 Å². The zero-order chi connectivity index (χ0) is 21.1. The standard InChI is InChI=1S/C28H43NO/c1-19(18-29-16-6-5-7-20(29)2)24-10-11-25-23-9-8-21-17-22(30)12-14-27(21,3)26(23)13-15-28(24,25)4/h17-18,20,23-26H,5-16H2,1-4H3/b19-18-/t20?,23-,24+,25-,26-,27-,28+/m0/s1. The third kappa shape index (κ3) is 3.15. The van der Waals surface area contributed by atoms with E-state index in [1.165, 1.54) is 69.9 Å². The molecule has 0 spiro atoms. The maximum absolute atomic E-state index is 12.1. The molecular weight excluding hydrogens is 366 g/mol. The van der Waals surface area contributed by atoms with Crippen molar-refractivity contribution in [2.45, 2.75) is 104 Å². The number of hydrogen-bond donors (Lipinski definition) is 0. The molecular formula is C28H43NO. The third-order valence-electron chi connectivity index (χ3n) is 10.7. The Kier molecular flexibility index (Phi) is 5.22. The van der Waals surface area contributed by atoms with Crippen LogP contribution in [0.15, 0.2) is 23.4 Å². The van der Waals surface area contributed by atoms with E-state index in [2.05, 4.69) is 44.9 Å². The van der Waals surface area contributed by atoms with Gasteiger partial charge in [0, 0.05) is 19.0 Å². The van der Waals surface area contributed by atoms with Gasteiger partial charge in [-0.05, 0) is 125 Å². The summed E-state index contributed by atoms with van der Waals surface area (Å²) in [5.74, 6) is 3.74. The van der Waals surface area contributed by atoms with E-state index < -0.39 is 0 Å². The highest BCUT2D eigenvalue weighted by molar-refractivity contribution is 5.91. The largest absolute Gasteiger partial charge is 0.375 e. The number of fused-ring (bicyclic) bond motifs is 5. The van der Waals surface area contributed by atoms with Gasteiger partial charge >= 0.3 is 0 Å². The number of likely N-dealkylation sites (tertiary alicyclic amines) is 1. The van der Waals surface area contributed by atoms with E-state index in [1.54, 1.807) is 5.57 Å². The topological polar surface area (TPSA) is 20.3 Å². The van der Waals surface area contributed by atoms with Crippen molar-refractivity contribution in [1.82, 2.24) is 4.90 Å². The lowest BCUT2D eigenvalue weighted by Crippen LogP contribution is -2.50. The van der Waals surface area contributed by atoms with E-state index in [0.29, 0.717) is 22.7 Å². The van der Waals surface area contributed by atoms with E-state index in [9.17, 15) is 4.79 Å². The number of allylic oxidation sites excluding steroid dienone is 2. The van der Waals surface area contributed by atoms with Crippen LogP contribution in [-0.4, -0.2) is 23.3 Å². The quantitative estimate of drug-likeness (QED) is 0.494. The Morgan fingerprint density at radius 2 is 1.87 bits per heavy atom. The van der Waals surface area contributed by atoms with Crippen molar-refractivity contribution in [3.63, 3.8) is 0 Å². The van der Waals surface area contributed by atoms with Crippen LogP contribution in [0.3, 0.4) is 0 Å². The summed E-state index contributed by atoms with van der Waals surface area (Å²) in [6.07, 6.45) is 18.7. The lowest BCUT2D eigenvalue weighted by molar-refractivity contribution is -0.117. The van der Waals surface area contributed by atoms with Gasteiger partial charge in [-0.1, -0.05) is 25.0 Å². The molecule has 1 unspecified atom stereocenters. The Labute approximate surface area is 184 Å². The van der Waals surface area contributed by atoms with Crippen LogP contribution < -0.4 is 0 Å². The van der Waals surface area contributed by atoms with Crippen LogP contribution >= 0.6 is 0 Å². The van der Waals surface area contributed by atoms with Crippen molar-refractivity contribution >= 4 is 5.78 Å². The number of nitrogens with zero attached hydrogens (tertiary/aromatic N) is 1. The molecule has 0 aromatic rings. The lowest BCUT2D eigenvalue weighted by atomic mass is 9.46. The van der Waals surface area contributed by atoms with E-state index in [1.807, 2.05) is 0 Å². The monoisotopic (exact) mass is 409 g/mol. The maximum atomic E-state index is 12.1. The minimum Gasteiger partial charge on any atom is -0.375 e. The summed E-state index contributed by atoms with van der Waals surface area (Å²) >= 11 is 0. The predicted molar refractivity (Wildman–Crippen MR) is 124 cm³/mol. The van der Waals surface area contributed by atoms with Gasteiger partial charge in [0.25, 0.3) is 0 Å². The Morgan fingerprint density at radius 1 is 1.03 bits per heavy atom. The van der Waals surface area contributed by atoms with Gasteiger partial charge in [0.2, 0.25) is 0 Å². The summed E-state index contributed by atoms with van der Waals surface area (Å²) in [6, 6.07) is 0.715. The van der Waals surface area contributed by atoms with Gasteiger partial charge < -0.3 is 4.90 Å². The summed E-state index contributed by atoms with van der Waals surface area (Å²) < 4.78 is 0. The zero-order valence-electron chi connectivity index (χ0n) is 19.9. The molecule has 2 heteroatoms. The fourth-order valence-corrected chi connectivity index (χ4v) is 8.97. The average Bonchev–Trinajstić information content (AvgIpc) is 3.07. The summed E-state index contributed by atoms with van der Waals surface area (Å²) in [4.78, 5) is 14.7. The number of piperidine rings is 1. The minimum absolute atomic E-state index is 0.310. The highest BCUT2D eigenvalue weighted by atomic mass is 16.1. The molecule has 4 aliphatic carbocycles. The molecule has 1 aliphatic heterocycles. The van der Waals surface area contributed by atoms with Crippen LogP contribution in [0.4, 0.5) is 0 Å². The third-order valence-corrected chi connectivity index (χ3v) is 10.7. The Hall–Kier alpha value is -1.05. The van der Waals surface area contributed by atoms with Crippen molar-refractivity contribution in [3.8, 4) is 0 Å². The van der Waals surface area contributed by atoms with Crippen LogP contribution in [0, 0.1) is 34.5 Å². The molecule has 7 atom stereocenters. The van der Waals surface area contributed by atoms with Crippen LogP contribution in [0.1, 0.15) is 98.3 Å². The van der Waals surface area contributed by atoms with Crippen molar-refractivity contribution in [3.05, 3.63) is 23.4 Å². The first-order chi connectivity index (χ1) is 14.3. The van der Waals surface area contributed by atoms with Crippen molar-refractivity contribution in [2.75, 3.05) is 6.54 Å². The Morgan fingerprint density at radius 3 is 2.67 bits per heavy atom. The molecule has 0 aromatic heterocycles. The molecule has 5 rings (SSSR count). The molecule has 4 fully saturated rings. The zero-order valence-corrected chi connectivity index (χ0v) is 19.9. The van der Waals surface area contributed by atoms with Crippen LogP contribution in [0.2, 0.25) is 0 Å². The molecule has 166 valence electrons. The van der Waals surface area contributed by atoms with Crippen LogP contribution in [0.25, 0.3) is 0 Å². The highest BCUT2D eigenvalue weighted by Crippen LogP contribution is 2.67. The molecule has 0 bridgehead atoms. The summed E-state index contributed by atoms with van der Waals surface area (Å²) in [5, 5.41) is 0. The fourth-order valence-electron chi connectivity index (χ4n) is 8.97. The van der Waals surface area contributed by atoms with Gasteiger partial charge in [0.15, 0.2) is 5.78 Å². The second-order valence-corrected chi connectivity index (χ2v) is 12.1. The second kappa shape index (κ2) is 7.52. The lowest BCUT2D eigenvalue weighted by Gasteiger charge is -2.58. The van der Waals surface area contributed by atoms with E-state index in [0.717, 1.165) is 36.5 Å². The molecule has 3 saturated carbocycles. The van der Waals surface area contributed by atoms with E-state index >= 15 is 0 Å². The number of carbonyl (C=O) groups is 1. The smallest absolute Gasteiger partial charge is 0.155 e. The summed E-state index contributed by atoms with van der Waals surface area (Å²) in [7, 11) is 0. The summed E-state index contributed by atoms with van der Waals surface area (Å²) in [6.45, 7) is 11.3. The van der Waals surface area contributed by atoms with Gasteiger partial charge in [-0.3, -0.25) is 4.79 Å². The normalized spacial score (nSPS) is 46.7. The Bertz CT molecular complexity index is 765. The highest BCUT2D eigenvalue weighted by Gasteiger charge is 2.59.